The summed E-state index contributed by atoms with van der Waals surface area (Å²) in [5.74, 6) is 0.889. The first-order valence-corrected chi connectivity index (χ1v) is 8.72. The standard InChI is InChI=1S/C20H27N3O/c1-24-20-8-6-19(7-9-20)22-11-10-17-2-4-18(5-3-17)16-23-14-12-21-13-15-23/h2-9,21-22H,10-16H2,1H3. The number of anilines is 1. The van der Waals surface area contributed by atoms with E-state index in [1.165, 1.54) is 11.1 Å². The number of hydrogen-bond donors (Lipinski definition) is 2. The van der Waals surface area contributed by atoms with E-state index in [0.717, 1.165) is 57.1 Å². The van der Waals surface area contributed by atoms with Gasteiger partial charge in [-0.2, -0.15) is 0 Å². The van der Waals surface area contributed by atoms with E-state index in [-0.39, 0.29) is 0 Å². The average molecular weight is 325 g/mol. The van der Waals surface area contributed by atoms with Crippen molar-refractivity contribution in [2.45, 2.75) is 13.0 Å². The first kappa shape index (κ1) is 16.8. The highest BCUT2D eigenvalue weighted by atomic mass is 16.5. The van der Waals surface area contributed by atoms with Gasteiger partial charge in [-0.3, -0.25) is 4.90 Å². The third kappa shape index (κ3) is 4.98. The zero-order chi connectivity index (χ0) is 16.6. The molecule has 0 aromatic heterocycles. The lowest BCUT2D eigenvalue weighted by atomic mass is 10.1. The molecule has 2 N–H and O–H groups in total. The summed E-state index contributed by atoms with van der Waals surface area (Å²) in [5.41, 5.74) is 3.91. The van der Waals surface area contributed by atoms with Gasteiger partial charge in [-0.15, -0.1) is 0 Å². The van der Waals surface area contributed by atoms with E-state index in [1.54, 1.807) is 7.11 Å². The van der Waals surface area contributed by atoms with Gasteiger partial charge in [0.25, 0.3) is 0 Å². The maximum Gasteiger partial charge on any atom is 0.119 e. The monoisotopic (exact) mass is 325 g/mol. The summed E-state index contributed by atoms with van der Waals surface area (Å²) in [6.45, 7) is 6.50. The molecule has 0 bridgehead atoms. The van der Waals surface area contributed by atoms with Crippen molar-refractivity contribution in [3.05, 3.63) is 59.7 Å². The van der Waals surface area contributed by atoms with Gasteiger partial charge in [-0.1, -0.05) is 24.3 Å². The molecule has 1 aliphatic rings. The van der Waals surface area contributed by atoms with Crippen LogP contribution >= 0.6 is 0 Å². The van der Waals surface area contributed by atoms with Crippen LogP contribution in [-0.4, -0.2) is 44.7 Å². The van der Waals surface area contributed by atoms with Gasteiger partial charge in [0, 0.05) is 45.0 Å². The van der Waals surface area contributed by atoms with Crippen molar-refractivity contribution in [1.82, 2.24) is 10.2 Å². The first-order valence-electron chi connectivity index (χ1n) is 8.72. The van der Waals surface area contributed by atoms with Gasteiger partial charge in [-0.25, -0.2) is 0 Å². The summed E-state index contributed by atoms with van der Waals surface area (Å²) in [6, 6.07) is 17.1. The Morgan fingerprint density at radius 2 is 1.62 bits per heavy atom. The molecule has 0 amide bonds. The molecule has 1 heterocycles. The van der Waals surface area contributed by atoms with Gasteiger partial charge in [0.15, 0.2) is 0 Å². The molecule has 0 spiro atoms. The molecule has 0 saturated carbocycles. The minimum absolute atomic E-state index is 0.889. The Hall–Kier alpha value is -2.04. The topological polar surface area (TPSA) is 36.5 Å². The Morgan fingerprint density at radius 1 is 0.958 bits per heavy atom. The maximum absolute atomic E-state index is 5.17. The van der Waals surface area contributed by atoms with Crippen LogP contribution in [0, 0.1) is 0 Å². The predicted molar refractivity (Wildman–Crippen MR) is 99.8 cm³/mol. The van der Waals surface area contributed by atoms with E-state index in [4.69, 9.17) is 4.74 Å². The summed E-state index contributed by atoms with van der Waals surface area (Å²) in [4.78, 5) is 2.51. The van der Waals surface area contributed by atoms with Gasteiger partial charge in [-0.05, 0) is 41.8 Å². The fraction of sp³-hybridized carbons (Fsp3) is 0.400. The quantitative estimate of drug-likeness (QED) is 0.821. The molecule has 3 rings (SSSR count). The van der Waals surface area contributed by atoms with Gasteiger partial charge in [0.1, 0.15) is 5.75 Å². The fourth-order valence-electron chi connectivity index (χ4n) is 3.00. The fourth-order valence-corrected chi connectivity index (χ4v) is 3.00. The normalized spacial score (nSPS) is 15.2. The molecule has 1 fully saturated rings. The van der Waals surface area contributed by atoms with Crippen LogP contribution in [0.1, 0.15) is 11.1 Å². The van der Waals surface area contributed by atoms with Crippen LogP contribution in [0.4, 0.5) is 5.69 Å². The van der Waals surface area contributed by atoms with Crippen LogP contribution in [0.3, 0.4) is 0 Å². The maximum atomic E-state index is 5.17. The van der Waals surface area contributed by atoms with Crippen molar-refractivity contribution in [2.75, 3.05) is 45.2 Å². The lowest BCUT2D eigenvalue weighted by Crippen LogP contribution is -2.42. The Bertz CT molecular complexity index is 604. The summed E-state index contributed by atoms with van der Waals surface area (Å²) in [6.07, 6.45) is 1.03. The second kappa shape index (κ2) is 8.71. The van der Waals surface area contributed by atoms with Crippen molar-refractivity contribution in [1.29, 1.82) is 0 Å². The van der Waals surface area contributed by atoms with Crippen LogP contribution < -0.4 is 15.4 Å². The summed E-state index contributed by atoms with van der Waals surface area (Å²) in [5, 5.41) is 6.85. The van der Waals surface area contributed by atoms with Crippen LogP contribution in [-0.2, 0) is 13.0 Å². The molecule has 0 aliphatic carbocycles. The van der Waals surface area contributed by atoms with E-state index < -0.39 is 0 Å². The lowest BCUT2D eigenvalue weighted by Gasteiger charge is -2.27. The second-order valence-electron chi connectivity index (χ2n) is 6.25. The molecule has 1 aliphatic heterocycles. The number of ether oxygens (including phenoxy) is 1. The van der Waals surface area contributed by atoms with Crippen LogP contribution in [0.5, 0.6) is 5.75 Å². The minimum Gasteiger partial charge on any atom is -0.497 e. The lowest BCUT2D eigenvalue weighted by molar-refractivity contribution is 0.233. The molecule has 0 radical (unpaired) electrons. The van der Waals surface area contributed by atoms with Gasteiger partial charge < -0.3 is 15.4 Å². The summed E-state index contributed by atoms with van der Waals surface area (Å²) in [7, 11) is 1.69. The van der Waals surface area contributed by atoms with Gasteiger partial charge >= 0.3 is 0 Å². The smallest absolute Gasteiger partial charge is 0.119 e. The van der Waals surface area contributed by atoms with Crippen LogP contribution in [0.25, 0.3) is 0 Å². The second-order valence-corrected chi connectivity index (χ2v) is 6.25. The largest absolute Gasteiger partial charge is 0.497 e. The van der Waals surface area contributed by atoms with Crippen LogP contribution in [0.15, 0.2) is 48.5 Å². The van der Waals surface area contributed by atoms with Gasteiger partial charge in [0.05, 0.1) is 7.11 Å². The molecule has 1 saturated heterocycles. The molecule has 4 heteroatoms. The van der Waals surface area contributed by atoms with Crippen molar-refractivity contribution in [2.24, 2.45) is 0 Å². The SMILES string of the molecule is COc1ccc(NCCc2ccc(CN3CCNCC3)cc2)cc1. The third-order valence-electron chi connectivity index (χ3n) is 4.47. The van der Waals surface area contributed by atoms with E-state index in [9.17, 15) is 0 Å². The minimum atomic E-state index is 0.889. The Labute approximate surface area is 144 Å². The third-order valence-corrected chi connectivity index (χ3v) is 4.47. The molecule has 2 aromatic carbocycles. The number of rotatable bonds is 7. The zero-order valence-electron chi connectivity index (χ0n) is 14.4. The molecule has 0 atom stereocenters. The number of nitrogens with one attached hydrogen (secondary N) is 2. The Kier molecular flexibility index (Phi) is 6.10. The van der Waals surface area contributed by atoms with E-state index in [2.05, 4.69) is 51.9 Å². The molecule has 4 nitrogen and oxygen atoms in total. The number of hydrogen-bond acceptors (Lipinski definition) is 4. The highest BCUT2D eigenvalue weighted by molar-refractivity contribution is 5.46. The summed E-state index contributed by atoms with van der Waals surface area (Å²) >= 11 is 0. The number of benzene rings is 2. The molecule has 2 aromatic rings. The van der Waals surface area contributed by atoms with Crippen molar-refractivity contribution in [3.8, 4) is 5.75 Å². The van der Waals surface area contributed by atoms with E-state index in [0.29, 0.717) is 0 Å². The first-order chi connectivity index (χ1) is 11.8. The number of nitrogens with zero attached hydrogens (tertiary/aromatic N) is 1. The molecular formula is C20H27N3O. The molecule has 128 valence electrons. The van der Waals surface area contributed by atoms with E-state index >= 15 is 0 Å². The molecule has 24 heavy (non-hydrogen) atoms. The zero-order valence-corrected chi connectivity index (χ0v) is 14.4. The molecular weight excluding hydrogens is 298 g/mol. The Balaban J connectivity index is 1.43. The van der Waals surface area contributed by atoms with Crippen molar-refractivity contribution < 1.29 is 4.74 Å². The number of piperazine rings is 1. The average Bonchev–Trinajstić information content (AvgIpc) is 2.65. The highest BCUT2D eigenvalue weighted by Gasteiger charge is 2.09. The Morgan fingerprint density at radius 3 is 2.29 bits per heavy atom. The van der Waals surface area contributed by atoms with Crippen molar-refractivity contribution >= 4 is 5.69 Å². The highest BCUT2D eigenvalue weighted by Crippen LogP contribution is 2.15. The number of methoxy groups -OCH3 is 1. The van der Waals surface area contributed by atoms with Gasteiger partial charge in [0.2, 0.25) is 0 Å². The van der Waals surface area contributed by atoms with Crippen LogP contribution in [0.2, 0.25) is 0 Å². The molecule has 0 unspecified atom stereocenters. The predicted octanol–water partition coefficient (Wildman–Crippen LogP) is 2.76. The summed E-state index contributed by atoms with van der Waals surface area (Å²) < 4.78 is 5.17. The van der Waals surface area contributed by atoms with Crippen molar-refractivity contribution in [3.63, 3.8) is 0 Å². The van der Waals surface area contributed by atoms with E-state index in [1.807, 2.05) is 12.1 Å².